The average Bonchev–Trinajstić information content (AvgIpc) is 2.46. The molecule has 0 aliphatic heterocycles. The zero-order valence-electron chi connectivity index (χ0n) is 8.66. The summed E-state index contributed by atoms with van der Waals surface area (Å²) < 4.78 is 24.6. The predicted octanol–water partition coefficient (Wildman–Crippen LogP) is -0.297. The molecule has 0 heterocycles. The van der Waals surface area contributed by atoms with Crippen molar-refractivity contribution in [3.8, 4) is 0 Å². The summed E-state index contributed by atoms with van der Waals surface area (Å²) in [6.45, 7) is 3.48. The fourth-order valence-corrected chi connectivity index (χ4v) is 2.34. The molecular formula is C9H14F2O4. The summed E-state index contributed by atoms with van der Waals surface area (Å²) in [6, 6.07) is 0. The van der Waals surface area contributed by atoms with Crippen LogP contribution in [-0.4, -0.2) is 44.8 Å². The number of carbonyl (C=O) groups is 1. The van der Waals surface area contributed by atoms with Crippen molar-refractivity contribution in [3.05, 3.63) is 0 Å². The van der Waals surface area contributed by atoms with Crippen LogP contribution in [0.25, 0.3) is 0 Å². The first-order chi connectivity index (χ1) is 6.55. The minimum atomic E-state index is -3.22. The number of halogens is 2. The molecule has 0 amide bonds. The molecule has 4 nitrogen and oxygen atoms in total. The lowest BCUT2D eigenvalue weighted by molar-refractivity contribution is -0.146. The van der Waals surface area contributed by atoms with Gasteiger partial charge in [0.25, 0.3) is 6.43 Å². The quantitative estimate of drug-likeness (QED) is 0.615. The summed E-state index contributed by atoms with van der Waals surface area (Å²) in [5.41, 5.74) is -6.28. The average molecular weight is 224 g/mol. The van der Waals surface area contributed by atoms with E-state index in [9.17, 15) is 23.8 Å². The van der Waals surface area contributed by atoms with E-state index in [0.29, 0.717) is 0 Å². The molecule has 88 valence electrons. The van der Waals surface area contributed by atoms with Crippen molar-refractivity contribution in [1.82, 2.24) is 0 Å². The van der Waals surface area contributed by atoms with E-state index in [1.54, 1.807) is 0 Å². The van der Waals surface area contributed by atoms with Gasteiger partial charge in [-0.05, 0) is 6.92 Å². The topological polar surface area (TPSA) is 77.8 Å². The smallest absolute Gasteiger partial charge is 0.267 e. The molecule has 3 N–H and O–H groups in total. The fourth-order valence-electron chi connectivity index (χ4n) is 2.34. The van der Waals surface area contributed by atoms with E-state index < -0.39 is 34.9 Å². The summed E-state index contributed by atoms with van der Waals surface area (Å²) in [5.74, 6) is -0.838. The molecule has 0 bridgehead atoms. The van der Waals surface area contributed by atoms with Gasteiger partial charge in [-0.2, -0.15) is 0 Å². The van der Waals surface area contributed by atoms with Crippen LogP contribution in [0.1, 0.15) is 20.8 Å². The van der Waals surface area contributed by atoms with Crippen molar-refractivity contribution in [2.75, 3.05) is 0 Å². The van der Waals surface area contributed by atoms with Crippen LogP contribution in [0.5, 0.6) is 0 Å². The highest BCUT2D eigenvalue weighted by Crippen LogP contribution is 2.67. The maximum atomic E-state index is 12.3. The number of ketones is 1. The highest BCUT2D eigenvalue weighted by molar-refractivity contribution is 5.93. The highest BCUT2D eigenvalue weighted by Gasteiger charge is 2.88. The Bertz CT molecular complexity index is 304. The number of rotatable bonds is 3. The first kappa shape index (κ1) is 12.5. The molecule has 0 aromatic heterocycles. The molecule has 1 fully saturated rings. The number of carbonyl (C=O) groups excluding carboxylic acids is 1. The third-order valence-electron chi connectivity index (χ3n) is 3.52. The molecule has 0 aromatic rings. The van der Waals surface area contributed by atoms with Crippen LogP contribution in [0.4, 0.5) is 8.78 Å². The van der Waals surface area contributed by atoms with E-state index in [0.717, 1.165) is 6.92 Å². The van der Waals surface area contributed by atoms with Gasteiger partial charge in [0.15, 0.2) is 11.4 Å². The van der Waals surface area contributed by atoms with E-state index in [-0.39, 0.29) is 0 Å². The molecule has 0 unspecified atom stereocenters. The van der Waals surface area contributed by atoms with Gasteiger partial charge in [0.05, 0.1) is 0 Å². The van der Waals surface area contributed by atoms with Gasteiger partial charge in [-0.1, -0.05) is 13.8 Å². The zero-order valence-corrected chi connectivity index (χ0v) is 8.66. The van der Waals surface area contributed by atoms with Gasteiger partial charge >= 0.3 is 0 Å². The Morgan fingerprint density at radius 1 is 1.27 bits per heavy atom. The predicted molar refractivity (Wildman–Crippen MR) is 46.4 cm³/mol. The first-order valence-corrected chi connectivity index (χ1v) is 4.47. The Balaban J connectivity index is 3.14. The molecule has 1 saturated carbocycles. The Morgan fingerprint density at radius 3 is 1.87 bits per heavy atom. The fraction of sp³-hybridized carbons (Fsp3) is 0.889. The standard InChI is InChI=1S/C9H14F2O4/c1-4(12)8(14)7(2,3)9(8,15)5(13)6(10)11/h5-6,13-15H,1-3H3/t5-,8-,9+/m1/s1. The summed E-state index contributed by atoms with van der Waals surface area (Å²) in [6.07, 6.45) is -5.66. The summed E-state index contributed by atoms with van der Waals surface area (Å²) >= 11 is 0. The molecule has 0 spiro atoms. The second-order valence-corrected chi connectivity index (χ2v) is 4.44. The van der Waals surface area contributed by atoms with E-state index in [2.05, 4.69) is 0 Å². The summed E-state index contributed by atoms with van der Waals surface area (Å²) in [4.78, 5) is 11.1. The highest BCUT2D eigenvalue weighted by atomic mass is 19.3. The molecule has 3 atom stereocenters. The Kier molecular flexibility index (Phi) is 2.46. The summed E-state index contributed by atoms with van der Waals surface area (Å²) in [7, 11) is 0. The number of Topliss-reactive ketones (excluding diaryl/α,β-unsaturated/α-hetero) is 1. The van der Waals surface area contributed by atoms with Crippen LogP contribution in [0, 0.1) is 5.41 Å². The van der Waals surface area contributed by atoms with Crippen molar-refractivity contribution >= 4 is 5.78 Å². The van der Waals surface area contributed by atoms with Crippen LogP contribution < -0.4 is 0 Å². The molecule has 0 aromatic carbocycles. The maximum absolute atomic E-state index is 12.3. The summed E-state index contributed by atoms with van der Waals surface area (Å²) in [5, 5.41) is 28.7. The lowest BCUT2D eigenvalue weighted by Gasteiger charge is -2.20. The third kappa shape index (κ3) is 1.07. The van der Waals surface area contributed by atoms with Crippen LogP contribution >= 0.6 is 0 Å². The van der Waals surface area contributed by atoms with Gasteiger partial charge in [0.1, 0.15) is 11.7 Å². The van der Waals surface area contributed by atoms with Crippen molar-refractivity contribution in [3.63, 3.8) is 0 Å². The van der Waals surface area contributed by atoms with Crippen LogP contribution in [0.2, 0.25) is 0 Å². The van der Waals surface area contributed by atoms with Gasteiger partial charge in [0, 0.05) is 5.41 Å². The van der Waals surface area contributed by atoms with Crippen LogP contribution in [0.3, 0.4) is 0 Å². The SMILES string of the molecule is CC(=O)[C@@]1(O)C(C)(C)[C@@]1(O)[C@H](O)C(F)F. The number of hydrogen-bond donors (Lipinski definition) is 3. The van der Waals surface area contributed by atoms with E-state index >= 15 is 0 Å². The molecule has 0 radical (unpaired) electrons. The third-order valence-corrected chi connectivity index (χ3v) is 3.52. The van der Waals surface area contributed by atoms with Crippen molar-refractivity contribution < 1.29 is 28.9 Å². The molecule has 1 aliphatic rings. The number of hydrogen-bond acceptors (Lipinski definition) is 4. The normalized spacial score (nSPS) is 40.3. The zero-order chi connectivity index (χ0) is 12.2. The lowest BCUT2D eigenvalue weighted by atomic mass is 10.0. The van der Waals surface area contributed by atoms with E-state index in [1.165, 1.54) is 13.8 Å². The van der Waals surface area contributed by atoms with Crippen LogP contribution in [0.15, 0.2) is 0 Å². The number of aliphatic hydroxyl groups excluding tert-OH is 1. The van der Waals surface area contributed by atoms with E-state index in [1.807, 2.05) is 0 Å². The Labute approximate surface area is 85.5 Å². The molecule has 15 heavy (non-hydrogen) atoms. The first-order valence-electron chi connectivity index (χ1n) is 4.47. The minimum Gasteiger partial charge on any atom is -0.384 e. The minimum absolute atomic E-state index is 0.838. The van der Waals surface area contributed by atoms with Gasteiger partial charge in [0.2, 0.25) is 0 Å². The molecule has 1 aliphatic carbocycles. The van der Waals surface area contributed by atoms with Gasteiger partial charge in [-0.15, -0.1) is 0 Å². The van der Waals surface area contributed by atoms with Crippen molar-refractivity contribution in [2.24, 2.45) is 5.41 Å². The van der Waals surface area contributed by atoms with E-state index in [4.69, 9.17) is 5.11 Å². The maximum Gasteiger partial charge on any atom is 0.267 e. The van der Waals surface area contributed by atoms with Gasteiger partial charge in [-0.3, -0.25) is 4.79 Å². The second kappa shape index (κ2) is 2.96. The van der Waals surface area contributed by atoms with Crippen LogP contribution in [-0.2, 0) is 4.79 Å². The number of alkyl halides is 2. The molecular weight excluding hydrogens is 210 g/mol. The number of aliphatic hydroxyl groups is 3. The molecule has 0 saturated heterocycles. The Hall–Kier alpha value is -0.590. The van der Waals surface area contributed by atoms with Crippen molar-refractivity contribution in [1.29, 1.82) is 0 Å². The molecule has 6 heteroatoms. The lowest BCUT2D eigenvalue weighted by Crippen LogP contribution is -2.45. The largest absolute Gasteiger partial charge is 0.384 e. The second-order valence-electron chi connectivity index (χ2n) is 4.44. The van der Waals surface area contributed by atoms with Gasteiger partial charge < -0.3 is 15.3 Å². The van der Waals surface area contributed by atoms with Gasteiger partial charge in [-0.25, -0.2) is 8.78 Å². The monoisotopic (exact) mass is 224 g/mol. The van der Waals surface area contributed by atoms with Crippen molar-refractivity contribution in [2.45, 2.75) is 44.5 Å². The Morgan fingerprint density at radius 2 is 1.67 bits per heavy atom. The molecule has 1 rings (SSSR count).